The highest BCUT2D eigenvalue weighted by Gasteiger charge is 2.43. The maximum absolute atomic E-state index is 12.0. The zero-order chi connectivity index (χ0) is 10.3. The molecule has 82 valence electrons. The van der Waals surface area contributed by atoms with Crippen molar-refractivity contribution in [3.8, 4) is 0 Å². The van der Waals surface area contributed by atoms with E-state index in [9.17, 15) is 4.79 Å². The Hall–Kier alpha value is -0.590. The first-order valence-corrected chi connectivity index (χ1v) is 6.58. The summed E-state index contributed by atoms with van der Waals surface area (Å²) in [6, 6.07) is 0. The van der Waals surface area contributed by atoms with Crippen LogP contribution in [0.2, 0.25) is 0 Å². The van der Waals surface area contributed by atoms with E-state index in [4.69, 9.17) is 0 Å². The molecule has 0 aromatic rings. The summed E-state index contributed by atoms with van der Waals surface area (Å²) < 4.78 is 0. The van der Waals surface area contributed by atoms with Gasteiger partial charge in [-0.1, -0.05) is 24.8 Å². The Morgan fingerprint density at radius 2 is 1.53 bits per heavy atom. The first-order valence-electron chi connectivity index (χ1n) is 6.58. The first kappa shape index (κ1) is 9.62. The van der Waals surface area contributed by atoms with Crippen LogP contribution in [0.5, 0.6) is 0 Å². The average molecular weight is 204 g/mol. The molecule has 3 aliphatic carbocycles. The number of rotatable bonds is 0. The number of ketones is 1. The predicted molar refractivity (Wildman–Crippen MR) is 60.6 cm³/mol. The van der Waals surface area contributed by atoms with Crippen molar-refractivity contribution < 1.29 is 4.79 Å². The lowest BCUT2D eigenvalue weighted by Crippen LogP contribution is -2.31. The van der Waals surface area contributed by atoms with Crippen molar-refractivity contribution in [1.29, 1.82) is 0 Å². The third-order valence-corrected chi connectivity index (χ3v) is 4.76. The van der Waals surface area contributed by atoms with Gasteiger partial charge >= 0.3 is 0 Å². The topological polar surface area (TPSA) is 17.1 Å². The summed E-state index contributed by atoms with van der Waals surface area (Å²) >= 11 is 0. The SMILES string of the molecule is O=C1CCC2=C1C1(CCCCC1)CCC2. The van der Waals surface area contributed by atoms with Gasteiger partial charge in [0.05, 0.1) is 0 Å². The van der Waals surface area contributed by atoms with Gasteiger partial charge in [0.2, 0.25) is 0 Å². The third kappa shape index (κ3) is 1.39. The van der Waals surface area contributed by atoms with E-state index >= 15 is 0 Å². The molecule has 1 heteroatoms. The fourth-order valence-corrected chi connectivity index (χ4v) is 4.13. The Labute approximate surface area is 91.9 Å². The van der Waals surface area contributed by atoms with Crippen molar-refractivity contribution in [3.05, 3.63) is 11.1 Å². The van der Waals surface area contributed by atoms with Crippen molar-refractivity contribution >= 4 is 5.78 Å². The first-order chi connectivity index (χ1) is 7.32. The lowest BCUT2D eigenvalue weighted by Gasteiger charge is -2.41. The molecule has 0 N–H and O–H groups in total. The molecule has 0 radical (unpaired) electrons. The molecule has 0 aromatic carbocycles. The van der Waals surface area contributed by atoms with Gasteiger partial charge in [-0.05, 0) is 43.9 Å². The number of fused-ring (bicyclic) bond motifs is 1. The van der Waals surface area contributed by atoms with Crippen LogP contribution in [0.15, 0.2) is 11.1 Å². The van der Waals surface area contributed by atoms with Crippen LogP contribution in [0, 0.1) is 5.41 Å². The largest absolute Gasteiger partial charge is 0.295 e. The highest BCUT2D eigenvalue weighted by atomic mass is 16.1. The van der Waals surface area contributed by atoms with Crippen molar-refractivity contribution in [2.75, 3.05) is 0 Å². The molecular weight excluding hydrogens is 184 g/mol. The predicted octanol–water partition coefficient (Wildman–Crippen LogP) is 3.78. The van der Waals surface area contributed by atoms with E-state index in [0.717, 1.165) is 12.8 Å². The molecule has 3 rings (SSSR count). The Morgan fingerprint density at radius 3 is 2.33 bits per heavy atom. The summed E-state index contributed by atoms with van der Waals surface area (Å²) in [6.07, 6.45) is 12.5. The fourth-order valence-electron chi connectivity index (χ4n) is 4.13. The minimum atomic E-state index is 0.361. The molecule has 1 nitrogen and oxygen atoms in total. The molecule has 0 saturated heterocycles. The van der Waals surface area contributed by atoms with E-state index in [1.54, 1.807) is 5.57 Å². The summed E-state index contributed by atoms with van der Waals surface area (Å²) in [5.41, 5.74) is 3.24. The Balaban J connectivity index is 2.00. The summed E-state index contributed by atoms with van der Waals surface area (Å²) in [4.78, 5) is 12.0. The standard InChI is InChI=1S/C14H20O/c15-12-7-6-11-5-4-10-14(13(11)12)8-2-1-3-9-14/h1-10H2. The van der Waals surface area contributed by atoms with Crippen LogP contribution in [0.3, 0.4) is 0 Å². The number of hydrogen-bond donors (Lipinski definition) is 0. The van der Waals surface area contributed by atoms with E-state index in [1.165, 1.54) is 56.9 Å². The van der Waals surface area contributed by atoms with Gasteiger partial charge in [-0.25, -0.2) is 0 Å². The van der Waals surface area contributed by atoms with Crippen molar-refractivity contribution in [3.63, 3.8) is 0 Å². The molecule has 1 spiro atoms. The smallest absolute Gasteiger partial charge is 0.159 e. The number of carbonyl (C=O) groups is 1. The summed E-state index contributed by atoms with van der Waals surface area (Å²) in [6.45, 7) is 0. The summed E-state index contributed by atoms with van der Waals surface area (Å²) in [7, 11) is 0. The second-order valence-electron chi connectivity index (χ2n) is 5.60. The van der Waals surface area contributed by atoms with Crippen molar-refractivity contribution in [1.82, 2.24) is 0 Å². The van der Waals surface area contributed by atoms with Gasteiger partial charge in [0, 0.05) is 12.0 Å². The molecule has 0 aromatic heterocycles. The van der Waals surface area contributed by atoms with Crippen LogP contribution >= 0.6 is 0 Å². The van der Waals surface area contributed by atoms with Gasteiger partial charge in [-0.2, -0.15) is 0 Å². The zero-order valence-electron chi connectivity index (χ0n) is 9.48. The van der Waals surface area contributed by atoms with Gasteiger partial charge in [-0.15, -0.1) is 0 Å². The van der Waals surface area contributed by atoms with Crippen LogP contribution in [0.4, 0.5) is 0 Å². The van der Waals surface area contributed by atoms with Crippen molar-refractivity contribution in [2.24, 2.45) is 5.41 Å². The number of Topliss-reactive ketones (excluding diaryl/α,β-unsaturated/α-hetero) is 1. The van der Waals surface area contributed by atoms with E-state index in [0.29, 0.717) is 11.2 Å². The summed E-state index contributed by atoms with van der Waals surface area (Å²) in [5.74, 6) is 0.506. The van der Waals surface area contributed by atoms with E-state index in [-0.39, 0.29) is 0 Å². The third-order valence-electron chi connectivity index (χ3n) is 4.76. The maximum atomic E-state index is 12.0. The van der Waals surface area contributed by atoms with Gasteiger partial charge < -0.3 is 0 Å². The Kier molecular flexibility index (Phi) is 2.22. The molecule has 0 bridgehead atoms. The summed E-state index contributed by atoms with van der Waals surface area (Å²) in [5, 5.41) is 0. The number of allylic oxidation sites excluding steroid dienone is 2. The van der Waals surface area contributed by atoms with E-state index < -0.39 is 0 Å². The number of hydrogen-bond acceptors (Lipinski definition) is 1. The van der Waals surface area contributed by atoms with E-state index in [2.05, 4.69) is 0 Å². The minimum Gasteiger partial charge on any atom is -0.295 e. The zero-order valence-corrected chi connectivity index (χ0v) is 9.48. The van der Waals surface area contributed by atoms with Crippen LogP contribution in [-0.2, 0) is 4.79 Å². The van der Waals surface area contributed by atoms with Gasteiger partial charge in [0.25, 0.3) is 0 Å². The quantitative estimate of drug-likeness (QED) is 0.587. The molecule has 0 amide bonds. The average Bonchev–Trinajstić information content (AvgIpc) is 2.63. The molecule has 0 atom stereocenters. The molecule has 0 heterocycles. The second kappa shape index (κ2) is 3.47. The maximum Gasteiger partial charge on any atom is 0.159 e. The molecule has 3 aliphatic rings. The van der Waals surface area contributed by atoms with Gasteiger partial charge in [0.15, 0.2) is 5.78 Å². The van der Waals surface area contributed by atoms with Crippen LogP contribution < -0.4 is 0 Å². The molecule has 15 heavy (non-hydrogen) atoms. The normalized spacial score (nSPS) is 29.7. The van der Waals surface area contributed by atoms with Gasteiger partial charge in [0.1, 0.15) is 0 Å². The molecule has 0 unspecified atom stereocenters. The van der Waals surface area contributed by atoms with E-state index in [1.807, 2.05) is 0 Å². The number of carbonyl (C=O) groups excluding carboxylic acids is 1. The highest BCUT2D eigenvalue weighted by molar-refractivity contribution is 6.00. The van der Waals surface area contributed by atoms with Crippen LogP contribution in [0.1, 0.15) is 64.2 Å². The molecule has 0 aliphatic heterocycles. The van der Waals surface area contributed by atoms with Crippen LogP contribution in [-0.4, -0.2) is 5.78 Å². The molecule has 1 saturated carbocycles. The monoisotopic (exact) mass is 204 g/mol. The lowest BCUT2D eigenvalue weighted by atomic mass is 9.62. The highest BCUT2D eigenvalue weighted by Crippen LogP contribution is 2.53. The fraction of sp³-hybridized carbons (Fsp3) is 0.786. The Morgan fingerprint density at radius 1 is 0.800 bits per heavy atom. The minimum absolute atomic E-state index is 0.361. The lowest BCUT2D eigenvalue weighted by molar-refractivity contribution is -0.116. The van der Waals surface area contributed by atoms with Gasteiger partial charge in [-0.3, -0.25) is 4.79 Å². The molecule has 1 fully saturated rings. The van der Waals surface area contributed by atoms with Crippen LogP contribution in [0.25, 0.3) is 0 Å². The second-order valence-corrected chi connectivity index (χ2v) is 5.60. The Bertz CT molecular complexity index is 318. The molecular formula is C14H20O. The van der Waals surface area contributed by atoms with Crippen molar-refractivity contribution in [2.45, 2.75) is 64.2 Å².